The lowest BCUT2D eigenvalue weighted by Crippen LogP contribution is -2.49. The van der Waals surface area contributed by atoms with E-state index in [1.807, 2.05) is 62.4 Å². The summed E-state index contributed by atoms with van der Waals surface area (Å²) in [5.74, 6) is -0.788. The maximum absolute atomic E-state index is 13.5. The van der Waals surface area contributed by atoms with Gasteiger partial charge < -0.3 is 15.0 Å². The summed E-state index contributed by atoms with van der Waals surface area (Å²) in [6.07, 6.45) is -3.44. The van der Waals surface area contributed by atoms with Gasteiger partial charge in [0.1, 0.15) is 5.75 Å². The molecule has 6 nitrogen and oxygen atoms in total. The average Bonchev–Trinajstić information content (AvgIpc) is 2.87. The minimum absolute atomic E-state index is 0.145. The predicted octanol–water partition coefficient (Wildman–Crippen LogP) is 6.86. The van der Waals surface area contributed by atoms with Crippen molar-refractivity contribution in [3.8, 4) is 5.75 Å². The number of urea groups is 1. The zero-order chi connectivity index (χ0) is 27.3. The van der Waals surface area contributed by atoms with Gasteiger partial charge in [-0.05, 0) is 60.7 Å². The van der Waals surface area contributed by atoms with E-state index in [0.717, 1.165) is 11.1 Å². The highest BCUT2D eigenvalue weighted by Crippen LogP contribution is 2.32. The molecule has 1 heterocycles. The van der Waals surface area contributed by atoms with Crippen molar-refractivity contribution >= 4 is 23.3 Å². The molecule has 0 spiro atoms. The summed E-state index contributed by atoms with van der Waals surface area (Å²) in [4.78, 5) is 30.1. The molecule has 1 aliphatic heterocycles. The lowest BCUT2D eigenvalue weighted by atomic mass is 9.95. The fourth-order valence-corrected chi connectivity index (χ4v) is 4.63. The number of rotatable bonds is 8. The zero-order valence-electron chi connectivity index (χ0n) is 21.3. The van der Waals surface area contributed by atoms with Crippen LogP contribution in [0.3, 0.4) is 0 Å². The fraction of sp³-hybridized carbons (Fsp3) is 0.310. The Balaban J connectivity index is 1.51. The summed E-state index contributed by atoms with van der Waals surface area (Å²) in [6.45, 7) is 5.11. The summed E-state index contributed by atoms with van der Waals surface area (Å²) < 4.78 is 41.3. The molecule has 38 heavy (non-hydrogen) atoms. The molecule has 0 aromatic heterocycles. The Hall–Kier alpha value is -4.01. The van der Waals surface area contributed by atoms with E-state index >= 15 is 0 Å². The second-order valence-corrected chi connectivity index (χ2v) is 9.28. The van der Waals surface area contributed by atoms with Crippen molar-refractivity contribution in [2.45, 2.75) is 45.5 Å². The molecule has 0 radical (unpaired) electrons. The monoisotopic (exact) mass is 525 g/mol. The lowest BCUT2D eigenvalue weighted by molar-refractivity contribution is -0.274. The fourth-order valence-electron chi connectivity index (χ4n) is 4.63. The number of carbonyl (C=O) groups is 2. The van der Waals surface area contributed by atoms with Crippen LogP contribution in [0.5, 0.6) is 5.75 Å². The number of nitrogens with one attached hydrogen (secondary N) is 1. The highest BCUT2D eigenvalue weighted by atomic mass is 19.4. The van der Waals surface area contributed by atoms with Crippen LogP contribution in [0.15, 0.2) is 72.8 Å². The molecule has 0 aliphatic carbocycles. The second-order valence-electron chi connectivity index (χ2n) is 9.28. The number of benzene rings is 3. The van der Waals surface area contributed by atoms with E-state index < -0.39 is 6.36 Å². The molecule has 3 amide bonds. The Morgan fingerprint density at radius 3 is 2.39 bits per heavy atom. The van der Waals surface area contributed by atoms with Gasteiger partial charge in [0.15, 0.2) is 0 Å². The van der Waals surface area contributed by atoms with Gasteiger partial charge in [0.2, 0.25) is 5.91 Å². The van der Waals surface area contributed by atoms with Crippen LogP contribution in [0.2, 0.25) is 0 Å². The van der Waals surface area contributed by atoms with Crippen LogP contribution in [0.4, 0.5) is 29.3 Å². The number of alkyl halides is 3. The molecule has 1 fully saturated rings. The molecule has 0 bridgehead atoms. The molecule has 3 aromatic rings. The number of halogens is 3. The Morgan fingerprint density at radius 2 is 1.74 bits per heavy atom. The van der Waals surface area contributed by atoms with Crippen molar-refractivity contribution in [2.75, 3.05) is 23.3 Å². The number of carbonyl (C=O) groups excluding carboxylic acids is 2. The highest BCUT2D eigenvalue weighted by Gasteiger charge is 2.32. The van der Waals surface area contributed by atoms with Crippen molar-refractivity contribution in [1.82, 2.24) is 4.90 Å². The summed E-state index contributed by atoms with van der Waals surface area (Å²) in [7, 11) is 0. The van der Waals surface area contributed by atoms with Crippen molar-refractivity contribution < 1.29 is 27.5 Å². The predicted molar refractivity (Wildman–Crippen MR) is 140 cm³/mol. The van der Waals surface area contributed by atoms with Gasteiger partial charge in [-0.2, -0.15) is 0 Å². The topological polar surface area (TPSA) is 61.9 Å². The van der Waals surface area contributed by atoms with Crippen LogP contribution >= 0.6 is 0 Å². The Morgan fingerprint density at radius 1 is 1.03 bits per heavy atom. The molecule has 200 valence electrons. The Kier molecular flexibility index (Phi) is 8.24. The minimum atomic E-state index is -4.76. The third-order valence-electron chi connectivity index (χ3n) is 6.47. The zero-order valence-corrected chi connectivity index (χ0v) is 21.3. The van der Waals surface area contributed by atoms with E-state index in [2.05, 4.69) is 10.1 Å². The van der Waals surface area contributed by atoms with Crippen LogP contribution in [0, 0.1) is 6.92 Å². The second kappa shape index (κ2) is 11.6. The number of ether oxygens (including phenoxy) is 1. The Labute approximate surface area is 220 Å². The van der Waals surface area contributed by atoms with Crippen molar-refractivity contribution in [1.29, 1.82) is 0 Å². The molecule has 1 aliphatic rings. The smallest absolute Gasteiger partial charge is 0.406 e. The first kappa shape index (κ1) is 27.0. The van der Waals surface area contributed by atoms with Crippen molar-refractivity contribution in [2.24, 2.45) is 0 Å². The van der Waals surface area contributed by atoms with Gasteiger partial charge in [-0.3, -0.25) is 9.69 Å². The summed E-state index contributed by atoms with van der Waals surface area (Å²) >= 11 is 0. The number of nitrogens with zero attached hydrogens (tertiary/aromatic N) is 2. The largest absolute Gasteiger partial charge is 0.573 e. The number of anilines is 2. The van der Waals surface area contributed by atoms with Crippen LogP contribution < -0.4 is 15.0 Å². The van der Waals surface area contributed by atoms with E-state index in [9.17, 15) is 22.8 Å². The standard InChI is InChI=1S/C29H30F3N3O3/c1-3-24(22-8-5-4-6-9-22)27(36)33-25-18-20(2)10-15-26(25)35-17-7-16-34(28(35)37)19-21-11-13-23(14-12-21)38-29(30,31)32/h4-6,8-15,18,24H,3,7,16-17,19H2,1-2H3,(H,33,36). The number of hydrogen-bond acceptors (Lipinski definition) is 3. The van der Waals surface area contributed by atoms with E-state index in [1.54, 1.807) is 9.80 Å². The summed E-state index contributed by atoms with van der Waals surface area (Å²) in [5.41, 5.74) is 3.72. The third kappa shape index (κ3) is 6.65. The highest BCUT2D eigenvalue weighted by molar-refractivity contribution is 6.02. The van der Waals surface area contributed by atoms with Gasteiger partial charge in [-0.25, -0.2) is 4.79 Å². The van der Waals surface area contributed by atoms with E-state index in [-0.39, 0.29) is 30.2 Å². The maximum atomic E-state index is 13.5. The number of hydrogen-bond donors (Lipinski definition) is 1. The molecule has 9 heteroatoms. The molecule has 1 atom stereocenters. The minimum Gasteiger partial charge on any atom is -0.406 e. The van der Waals surface area contributed by atoms with Crippen molar-refractivity contribution in [3.05, 3.63) is 89.5 Å². The van der Waals surface area contributed by atoms with Crippen LogP contribution in [0.1, 0.15) is 42.4 Å². The molecule has 4 rings (SSSR count). The first-order valence-electron chi connectivity index (χ1n) is 12.5. The van der Waals surface area contributed by atoms with Crippen LogP contribution in [-0.4, -0.2) is 36.3 Å². The molecule has 1 N–H and O–H groups in total. The van der Waals surface area contributed by atoms with Crippen LogP contribution in [-0.2, 0) is 11.3 Å². The molecule has 1 saturated heterocycles. The van der Waals surface area contributed by atoms with Gasteiger partial charge in [-0.15, -0.1) is 13.2 Å². The van der Waals surface area contributed by atoms with Gasteiger partial charge in [0.25, 0.3) is 0 Å². The number of amides is 3. The van der Waals surface area contributed by atoms with Gasteiger partial charge in [-0.1, -0.05) is 55.5 Å². The van der Waals surface area contributed by atoms with E-state index in [1.165, 1.54) is 24.3 Å². The molecule has 3 aromatic carbocycles. The van der Waals surface area contributed by atoms with Crippen molar-refractivity contribution in [3.63, 3.8) is 0 Å². The summed E-state index contributed by atoms with van der Waals surface area (Å²) in [6, 6.07) is 20.4. The normalized spacial score (nSPS) is 14.8. The van der Waals surface area contributed by atoms with E-state index in [4.69, 9.17) is 0 Å². The molecule has 0 saturated carbocycles. The van der Waals surface area contributed by atoms with Gasteiger partial charge in [0.05, 0.1) is 17.3 Å². The first-order valence-corrected chi connectivity index (χ1v) is 12.5. The number of aryl methyl sites for hydroxylation is 1. The quantitative estimate of drug-likeness (QED) is 0.350. The molecule has 1 unspecified atom stereocenters. The van der Waals surface area contributed by atoms with E-state index in [0.29, 0.717) is 42.9 Å². The average molecular weight is 526 g/mol. The van der Waals surface area contributed by atoms with Crippen LogP contribution in [0.25, 0.3) is 0 Å². The van der Waals surface area contributed by atoms with Gasteiger partial charge >= 0.3 is 12.4 Å². The first-order chi connectivity index (χ1) is 18.1. The molecular weight excluding hydrogens is 495 g/mol. The maximum Gasteiger partial charge on any atom is 0.573 e. The summed E-state index contributed by atoms with van der Waals surface area (Å²) in [5, 5.41) is 3.05. The Bertz CT molecular complexity index is 1260. The molecular formula is C29H30F3N3O3. The third-order valence-corrected chi connectivity index (χ3v) is 6.47. The SMILES string of the molecule is CCC(C(=O)Nc1cc(C)ccc1N1CCCN(Cc2ccc(OC(F)(F)F)cc2)C1=O)c1ccccc1. The lowest BCUT2D eigenvalue weighted by Gasteiger charge is -2.36. The van der Waals surface area contributed by atoms with Gasteiger partial charge in [0, 0.05) is 19.6 Å².